The number of carbonyl (C=O) groups is 1. The van der Waals surface area contributed by atoms with Gasteiger partial charge in [0.25, 0.3) is 5.91 Å². The minimum atomic E-state index is -0.175. The maximum atomic E-state index is 13.0. The predicted octanol–water partition coefficient (Wildman–Crippen LogP) is 4.58. The molecule has 0 fully saturated rings. The average Bonchev–Trinajstić information content (AvgIpc) is 3.45. The molecule has 0 radical (unpaired) electrons. The first-order valence-electron chi connectivity index (χ1n) is 9.48. The number of hydrogen-bond acceptors (Lipinski definition) is 4. The number of nitrogens with zero attached hydrogens (tertiary/aromatic N) is 4. The molecule has 0 aliphatic carbocycles. The van der Waals surface area contributed by atoms with E-state index >= 15 is 0 Å². The van der Waals surface area contributed by atoms with Crippen molar-refractivity contribution in [3.05, 3.63) is 89.2 Å². The summed E-state index contributed by atoms with van der Waals surface area (Å²) >= 11 is 1.42. The van der Waals surface area contributed by atoms with E-state index in [2.05, 4.69) is 16.0 Å². The van der Waals surface area contributed by atoms with Crippen LogP contribution in [0.3, 0.4) is 0 Å². The molecule has 6 heteroatoms. The van der Waals surface area contributed by atoms with Gasteiger partial charge in [0.05, 0.1) is 18.4 Å². The first-order valence-corrected chi connectivity index (χ1v) is 10.4. The molecule has 148 valence electrons. The van der Waals surface area contributed by atoms with Crippen molar-refractivity contribution in [2.45, 2.75) is 13.5 Å². The topological polar surface area (TPSA) is 51.0 Å². The van der Waals surface area contributed by atoms with Crippen molar-refractivity contribution in [1.29, 1.82) is 0 Å². The van der Waals surface area contributed by atoms with Crippen LogP contribution in [-0.2, 0) is 6.54 Å². The third-order valence-corrected chi connectivity index (χ3v) is 5.53. The van der Waals surface area contributed by atoms with Crippen LogP contribution in [0.5, 0.6) is 0 Å². The first-order chi connectivity index (χ1) is 14.6. The molecule has 0 bridgehead atoms. The lowest BCUT2D eigenvalue weighted by Crippen LogP contribution is -2.31. The fraction of sp³-hybridized carbons (Fsp3) is 0.125. The molecule has 0 saturated carbocycles. The van der Waals surface area contributed by atoms with Gasteiger partial charge < -0.3 is 4.90 Å². The van der Waals surface area contributed by atoms with Gasteiger partial charge in [-0.15, -0.1) is 17.8 Å². The van der Waals surface area contributed by atoms with Crippen LogP contribution in [0.1, 0.15) is 21.6 Å². The van der Waals surface area contributed by atoms with Crippen molar-refractivity contribution in [2.24, 2.45) is 0 Å². The second kappa shape index (κ2) is 8.76. The molecule has 0 aliphatic heterocycles. The summed E-state index contributed by atoms with van der Waals surface area (Å²) < 4.78 is 1.79. The van der Waals surface area contributed by atoms with E-state index in [-0.39, 0.29) is 12.5 Å². The molecule has 2 aromatic heterocycles. The van der Waals surface area contributed by atoms with Gasteiger partial charge in [0.2, 0.25) is 0 Å². The monoisotopic (exact) mass is 412 g/mol. The third kappa shape index (κ3) is 4.32. The molecule has 0 atom stereocenters. The van der Waals surface area contributed by atoms with Crippen molar-refractivity contribution in [1.82, 2.24) is 19.7 Å². The van der Waals surface area contributed by atoms with Crippen molar-refractivity contribution >= 4 is 17.2 Å². The molecular weight excluding hydrogens is 392 g/mol. The molecule has 0 N–H and O–H groups in total. The Hall–Kier alpha value is -3.69. The van der Waals surface area contributed by atoms with E-state index in [9.17, 15) is 4.79 Å². The van der Waals surface area contributed by atoms with Gasteiger partial charge in [-0.25, -0.2) is 9.67 Å². The first kappa shape index (κ1) is 19.6. The van der Waals surface area contributed by atoms with Crippen LogP contribution in [0, 0.1) is 19.3 Å². The largest absolute Gasteiger partial charge is 0.322 e. The van der Waals surface area contributed by atoms with E-state index < -0.39 is 0 Å². The zero-order valence-corrected chi connectivity index (χ0v) is 17.3. The average molecular weight is 413 g/mol. The number of terminal acetylenes is 1. The van der Waals surface area contributed by atoms with E-state index in [1.807, 2.05) is 67.7 Å². The number of amides is 1. The van der Waals surface area contributed by atoms with Gasteiger partial charge in [-0.05, 0) is 24.6 Å². The van der Waals surface area contributed by atoms with Crippen molar-refractivity contribution in [3.63, 3.8) is 0 Å². The summed E-state index contributed by atoms with van der Waals surface area (Å²) in [4.78, 5) is 19.2. The quantitative estimate of drug-likeness (QED) is 0.436. The maximum absolute atomic E-state index is 13.0. The Bertz CT molecular complexity index is 1190. The fourth-order valence-electron chi connectivity index (χ4n) is 3.05. The van der Waals surface area contributed by atoms with Gasteiger partial charge in [0.1, 0.15) is 10.7 Å². The number of aryl methyl sites for hydroxylation is 1. The van der Waals surface area contributed by atoms with Crippen LogP contribution in [-0.4, -0.2) is 32.1 Å². The van der Waals surface area contributed by atoms with Gasteiger partial charge >= 0.3 is 0 Å². The zero-order valence-electron chi connectivity index (χ0n) is 16.5. The summed E-state index contributed by atoms with van der Waals surface area (Å²) in [5.41, 5.74) is 4.43. The molecule has 5 nitrogen and oxygen atoms in total. The van der Waals surface area contributed by atoms with Crippen LogP contribution < -0.4 is 0 Å². The van der Waals surface area contributed by atoms with Gasteiger partial charge in [0, 0.05) is 23.7 Å². The highest BCUT2D eigenvalue weighted by Crippen LogP contribution is 2.25. The second-order valence-electron chi connectivity index (χ2n) is 6.90. The molecule has 30 heavy (non-hydrogen) atoms. The number of thiazole rings is 1. The Morgan fingerprint density at radius 3 is 2.67 bits per heavy atom. The molecule has 4 aromatic rings. The summed E-state index contributed by atoms with van der Waals surface area (Å²) in [7, 11) is 0. The number of rotatable bonds is 6. The summed E-state index contributed by atoms with van der Waals surface area (Å²) in [6, 6.07) is 17.9. The van der Waals surface area contributed by atoms with Gasteiger partial charge in [0.15, 0.2) is 0 Å². The zero-order chi connectivity index (χ0) is 20.9. The highest BCUT2D eigenvalue weighted by atomic mass is 32.1. The summed E-state index contributed by atoms with van der Waals surface area (Å²) in [6.45, 7) is 2.71. The SMILES string of the molecule is C#CCN(Cc1ccc(C)cc1)C(=O)c1csc(-c2cnn(-c3ccccc3)c2)n1. The van der Waals surface area contributed by atoms with Gasteiger partial charge in [-0.3, -0.25) is 4.79 Å². The van der Waals surface area contributed by atoms with Crippen molar-refractivity contribution in [2.75, 3.05) is 6.54 Å². The summed E-state index contributed by atoms with van der Waals surface area (Å²) in [5, 5.41) is 6.93. The molecule has 0 spiro atoms. The molecule has 0 aliphatic rings. The lowest BCUT2D eigenvalue weighted by Gasteiger charge is -2.19. The van der Waals surface area contributed by atoms with Crippen molar-refractivity contribution in [3.8, 4) is 28.6 Å². The summed E-state index contributed by atoms with van der Waals surface area (Å²) in [6.07, 6.45) is 9.17. The standard InChI is InChI=1S/C24H20N4OS/c1-3-13-27(15-19-11-9-18(2)10-12-19)24(29)22-17-30-23(26-22)20-14-25-28(16-20)21-7-5-4-6-8-21/h1,4-12,14,16-17H,13,15H2,2H3. The van der Waals surface area contributed by atoms with Crippen LogP contribution >= 0.6 is 11.3 Å². The third-order valence-electron chi connectivity index (χ3n) is 4.64. The number of aromatic nitrogens is 3. The van der Waals surface area contributed by atoms with Crippen LogP contribution in [0.25, 0.3) is 16.3 Å². The Kier molecular flexibility index (Phi) is 5.73. The van der Waals surface area contributed by atoms with Gasteiger partial charge in [-0.2, -0.15) is 5.10 Å². The maximum Gasteiger partial charge on any atom is 0.274 e. The number of hydrogen-bond donors (Lipinski definition) is 0. The second-order valence-corrected chi connectivity index (χ2v) is 7.76. The molecule has 0 saturated heterocycles. The number of carbonyl (C=O) groups excluding carboxylic acids is 1. The Labute approximate surface area is 179 Å². The predicted molar refractivity (Wildman–Crippen MR) is 119 cm³/mol. The van der Waals surface area contributed by atoms with E-state index in [0.29, 0.717) is 12.2 Å². The molecule has 0 unspecified atom stereocenters. The highest BCUT2D eigenvalue weighted by Gasteiger charge is 2.19. The van der Waals surface area contributed by atoms with Gasteiger partial charge in [-0.1, -0.05) is 53.9 Å². The molecule has 2 heterocycles. The number of para-hydroxylation sites is 1. The van der Waals surface area contributed by atoms with E-state index in [1.54, 1.807) is 21.2 Å². The number of benzene rings is 2. The minimum Gasteiger partial charge on any atom is -0.322 e. The van der Waals surface area contributed by atoms with Crippen LogP contribution in [0.4, 0.5) is 0 Å². The fourth-order valence-corrected chi connectivity index (χ4v) is 3.81. The Morgan fingerprint density at radius 1 is 1.17 bits per heavy atom. The van der Waals surface area contributed by atoms with E-state index in [1.165, 1.54) is 16.9 Å². The Morgan fingerprint density at radius 2 is 1.93 bits per heavy atom. The molecular formula is C24H20N4OS. The Balaban J connectivity index is 1.53. The lowest BCUT2D eigenvalue weighted by atomic mass is 10.1. The highest BCUT2D eigenvalue weighted by molar-refractivity contribution is 7.13. The molecule has 2 aromatic carbocycles. The minimum absolute atomic E-state index is 0.175. The lowest BCUT2D eigenvalue weighted by molar-refractivity contribution is 0.0761. The smallest absolute Gasteiger partial charge is 0.274 e. The normalized spacial score (nSPS) is 10.5. The summed E-state index contributed by atoms with van der Waals surface area (Å²) in [5.74, 6) is 2.40. The van der Waals surface area contributed by atoms with Crippen LogP contribution in [0.2, 0.25) is 0 Å². The molecule has 1 amide bonds. The van der Waals surface area contributed by atoms with Crippen LogP contribution in [0.15, 0.2) is 72.4 Å². The molecule has 4 rings (SSSR count). The van der Waals surface area contributed by atoms with E-state index in [4.69, 9.17) is 6.42 Å². The van der Waals surface area contributed by atoms with Crippen molar-refractivity contribution < 1.29 is 4.79 Å². The van der Waals surface area contributed by atoms with E-state index in [0.717, 1.165) is 21.8 Å².